The molecule has 1 fully saturated rings. The zero-order valence-corrected chi connectivity index (χ0v) is 22.4. The van der Waals surface area contributed by atoms with Crippen molar-refractivity contribution in [2.24, 2.45) is 5.41 Å². The van der Waals surface area contributed by atoms with E-state index in [1.165, 1.54) is 36.7 Å². The molecule has 5 atom stereocenters. The first-order valence-electron chi connectivity index (χ1n) is 11.9. The number of hydrogen-bond donors (Lipinski definition) is 3. The summed E-state index contributed by atoms with van der Waals surface area (Å²) in [5.74, 6) is -0.536. The predicted molar refractivity (Wildman–Crippen MR) is 137 cm³/mol. The van der Waals surface area contributed by atoms with Crippen molar-refractivity contribution < 1.29 is 28.3 Å². The average Bonchev–Trinajstić information content (AvgIpc) is 3.10. The number of carbonyl (C=O) groups is 1. The fourth-order valence-corrected chi connectivity index (χ4v) is 5.59. The molecule has 3 N–H and O–H groups in total. The van der Waals surface area contributed by atoms with E-state index >= 15 is 0 Å². The number of H-pyrrole nitrogens is 1. The highest BCUT2D eigenvalue weighted by Crippen LogP contribution is 2.52. The van der Waals surface area contributed by atoms with Crippen molar-refractivity contribution in [2.45, 2.75) is 58.4 Å². The van der Waals surface area contributed by atoms with E-state index in [1.807, 2.05) is 6.07 Å². The molecule has 0 saturated heterocycles. The van der Waals surface area contributed by atoms with Crippen LogP contribution < -0.4 is 20.9 Å². The Balaban J connectivity index is 1.90. The van der Waals surface area contributed by atoms with Crippen LogP contribution in [0.3, 0.4) is 0 Å². The highest BCUT2D eigenvalue weighted by Gasteiger charge is 2.53. The summed E-state index contributed by atoms with van der Waals surface area (Å²) in [5.41, 5.74) is -2.69. The Morgan fingerprint density at radius 3 is 2.61 bits per heavy atom. The minimum absolute atomic E-state index is 0.0878. The summed E-state index contributed by atoms with van der Waals surface area (Å²) in [6.45, 7) is 9.56. The number of nitrogens with one attached hydrogen (secondary N) is 2. The van der Waals surface area contributed by atoms with Crippen molar-refractivity contribution in [3.63, 3.8) is 0 Å². The average molecular weight is 547 g/mol. The molecule has 13 heteroatoms. The first kappa shape index (κ1) is 29.1. The maximum absolute atomic E-state index is 13.8. The number of ether oxygens (including phenoxy) is 1. The van der Waals surface area contributed by atoms with Gasteiger partial charge in [0.15, 0.2) is 0 Å². The Labute approximate surface area is 219 Å². The molecule has 1 aromatic heterocycles. The van der Waals surface area contributed by atoms with Gasteiger partial charge in [0, 0.05) is 18.2 Å². The quantitative estimate of drug-likeness (QED) is 0.228. The van der Waals surface area contributed by atoms with Crippen LogP contribution >= 0.6 is 7.75 Å². The van der Waals surface area contributed by atoms with Crippen LogP contribution in [0.1, 0.15) is 38.8 Å². The number of aromatic amines is 1. The van der Waals surface area contributed by atoms with Gasteiger partial charge >= 0.3 is 19.4 Å². The van der Waals surface area contributed by atoms with E-state index in [-0.39, 0.29) is 23.3 Å². The molecule has 1 unspecified atom stereocenters. The summed E-state index contributed by atoms with van der Waals surface area (Å²) in [5, 5.41) is 23.6. The molecule has 38 heavy (non-hydrogen) atoms. The first-order valence-corrected chi connectivity index (χ1v) is 13.4. The van der Waals surface area contributed by atoms with Crippen LogP contribution in [0.4, 0.5) is 0 Å². The van der Waals surface area contributed by atoms with Gasteiger partial charge in [-0.25, -0.2) is 9.36 Å². The first-order chi connectivity index (χ1) is 17.8. The molecule has 12 nitrogen and oxygen atoms in total. The number of benzene rings is 1. The Bertz CT molecular complexity index is 1400. The van der Waals surface area contributed by atoms with Gasteiger partial charge in [-0.3, -0.25) is 23.7 Å². The molecule has 3 rings (SSSR count). The predicted octanol–water partition coefficient (Wildman–Crippen LogP) is 2.35. The Morgan fingerprint density at radius 1 is 1.34 bits per heavy atom. The summed E-state index contributed by atoms with van der Waals surface area (Å²) in [6.07, 6.45) is -0.545. The lowest BCUT2D eigenvalue weighted by Crippen LogP contribution is -2.39. The highest BCUT2D eigenvalue weighted by atomic mass is 31.2. The van der Waals surface area contributed by atoms with Crippen LogP contribution in [-0.2, 0) is 18.6 Å². The van der Waals surface area contributed by atoms with E-state index in [0.717, 1.165) is 0 Å². The molecule has 1 aromatic carbocycles. The van der Waals surface area contributed by atoms with Gasteiger partial charge in [0.2, 0.25) is 0 Å². The number of aryl methyl sites for hydroxylation is 1. The van der Waals surface area contributed by atoms with Crippen molar-refractivity contribution in [3.05, 3.63) is 75.1 Å². The van der Waals surface area contributed by atoms with Crippen molar-refractivity contribution in [1.29, 1.82) is 5.26 Å². The van der Waals surface area contributed by atoms with Crippen LogP contribution in [0.15, 0.2) is 58.3 Å². The molecule has 0 spiro atoms. The lowest BCUT2D eigenvalue weighted by molar-refractivity contribution is -0.149. The van der Waals surface area contributed by atoms with E-state index < -0.39 is 61.3 Å². The fraction of sp³-hybridized carbons (Fsp3) is 0.440. The molecule has 204 valence electrons. The molecule has 0 aliphatic heterocycles. The largest absolute Gasteiger partial charge is 0.462 e. The molecule has 1 aliphatic rings. The number of aliphatic hydroxyl groups is 1. The summed E-state index contributed by atoms with van der Waals surface area (Å²) in [7, 11) is -4.34. The highest BCUT2D eigenvalue weighted by molar-refractivity contribution is 7.52. The molecule has 2 aromatic rings. The second kappa shape index (κ2) is 11.5. The van der Waals surface area contributed by atoms with E-state index in [0.29, 0.717) is 0 Å². The van der Waals surface area contributed by atoms with Gasteiger partial charge in [0.25, 0.3) is 5.56 Å². The van der Waals surface area contributed by atoms with E-state index in [4.69, 9.17) is 13.8 Å². The van der Waals surface area contributed by atoms with Crippen molar-refractivity contribution >= 4 is 13.7 Å². The number of hydrogen-bond acceptors (Lipinski definition) is 9. The molecule has 0 bridgehead atoms. The van der Waals surface area contributed by atoms with Crippen LogP contribution in [0, 0.1) is 23.7 Å². The molecule has 1 saturated carbocycles. The van der Waals surface area contributed by atoms with Gasteiger partial charge in [0.1, 0.15) is 17.2 Å². The summed E-state index contributed by atoms with van der Waals surface area (Å²) in [6, 6.07) is 8.10. The van der Waals surface area contributed by atoms with Gasteiger partial charge < -0.3 is 14.4 Å². The number of nitriles is 1. The molecular formula is C25H31N4O8P. The van der Waals surface area contributed by atoms with Crippen LogP contribution in [0.2, 0.25) is 0 Å². The Hall–Kier alpha value is -3.49. The fourth-order valence-electron chi connectivity index (χ4n) is 4.05. The molecule has 0 radical (unpaired) electrons. The number of nitrogens with zero attached hydrogens (tertiary/aromatic N) is 2. The summed E-state index contributed by atoms with van der Waals surface area (Å²) in [4.78, 5) is 38.8. The number of aromatic nitrogens is 2. The van der Waals surface area contributed by atoms with Gasteiger partial charge in [0.05, 0.1) is 30.9 Å². The van der Waals surface area contributed by atoms with Crippen molar-refractivity contribution in [1.82, 2.24) is 14.6 Å². The minimum atomic E-state index is -4.34. The zero-order valence-electron chi connectivity index (χ0n) is 21.5. The Morgan fingerprint density at radius 2 is 2.00 bits per heavy atom. The van der Waals surface area contributed by atoms with Gasteiger partial charge in [-0.05, 0) is 45.4 Å². The minimum Gasteiger partial charge on any atom is -0.462 e. The number of aliphatic hydroxyl groups excluding tert-OH is 1. The topological polar surface area (TPSA) is 173 Å². The van der Waals surface area contributed by atoms with Crippen molar-refractivity contribution in [3.8, 4) is 11.8 Å². The second-order valence-electron chi connectivity index (χ2n) is 9.37. The Kier molecular flexibility index (Phi) is 8.79. The van der Waals surface area contributed by atoms with E-state index in [2.05, 4.69) is 16.7 Å². The smallest absolute Gasteiger partial charge is 0.459 e. The zero-order chi connectivity index (χ0) is 28.3. The third-order valence-corrected chi connectivity index (χ3v) is 7.78. The van der Waals surface area contributed by atoms with Crippen LogP contribution in [0.5, 0.6) is 5.75 Å². The maximum Gasteiger partial charge on any atom is 0.459 e. The normalized spacial score (nSPS) is 23.4. The molecule has 1 heterocycles. The summed E-state index contributed by atoms with van der Waals surface area (Å²) < 4.78 is 31.4. The lowest BCUT2D eigenvalue weighted by atomic mass is 9.83. The molecule has 1 aliphatic carbocycles. The van der Waals surface area contributed by atoms with E-state index in [9.17, 15) is 29.3 Å². The third-order valence-electron chi connectivity index (χ3n) is 6.16. The SMILES string of the molecule is C=C1[C@@H](n2cc(C)c(=O)[nH]c2=O)C[C@H](O)[C@@]1(C#N)COP(=O)(N[C@H](C)C(=O)OC(C)C)Oc1ccccc1. The van der Waals surface area contributed by atoms with Gasteiger partial charge in [-0.2, -0.15) is 10.3 Å². The number of esters is 1. The third kappa shape index (κ3) is 6.14. The summed E-state index contributed by atoms with van der Waals surface area (Å²) >= 11 is 0. The lowest BCUT2D eigenvalue weighted by Gasteiger charge is -2.30. The number of rotatable bonds is 10. The van der Waals surface area contributed by atoms with Crippen LogP contribution in [0.25, 0.3) is 0 Å². The number of para-hydroxylation sites is 1. The monoisotopic (exact) mass is 546 g/mol. The standard InChI is InChI=1S/C25H31N4O8P/c1-15(2)36-23(32)18(5)28-38(34,37-19-9-7-6-8-10-19)35-14-25(13-26)17(4)20(11-21(25)30)29-12-16(3)22(31)27-24(29)33/h6-10,12,15,18,20-21,30H,4,11,14H2,1-3,5H3,(H,28,34)(H,27,31,33)/t18-,20+,21+,25+,38?/m1/s1. The van der Waals surface area contributed by atoms with Crippen LogP contribution in [-0.4, -0.2) is 45.5 Å². The molecule has 0 amide bonds. The second-order valence-corrected chi connectivity index (χ2v) is 11.1. The maximum atomic E-state index is 13.8. The van der Waals surface area contributed by atoms with E-state index in [1.54, 1.807) is 32.0 Å². The van der Waals surface area contributed by atoms with Gasteiger partial charge in [-0.1, -0.05) is 24.8 Å². The number of carbonyl (C=O) groups excluding carboxylic acids is 1. The van der Waals surface area contributed by atoms with Gasteiger partial charge in [-0.15, -0.1) is 0 Å². The molecular weight excluding hydrogens is 515 g/mol. The van der Waals surface area contributed by atoms with Crippen molar-refractivity contribution in [2.75, 3.05) is 6.61 Å².